The lowest BCUT2D eigenvalue weighted by Crippen LogP contribution is -2.29. The molecule has 4 aromatic rings. The van der Waals surface area contributed by atoms with Crippen LogP contribution in [0.4, 0.5) is 5.82 Å². The van der Waals surface area contributed by atoms with Gasteiger partial charge in [-0.1, -0.05) is 6.07 Å². The third-order valence-corrected chi connectivity index (χ3v) is 5.41. The molecule has 30 heavy (non-hydrogen) atoms. The summed E-state index contributed by atoms with van der Waals surface area (Å²) in [5.74, 6) is 0.165. The number of benzene rings is 1. The number of carbonyl (C=O) groups is 1. The topological polar surface area (TPSA) is 103 Å². The Labute approximate surface area is 173 Å². The normalized spacial score (nSPS) is 14.8. The van der Waals surface area contributed by atoms with Crippen LogP contribution in [0.3, 0.4) is 0 Å². The van der Waals surface area contributed by atoms with Crippen molar-refractivity contribution in [2.24, 2.45) is 7.05 Å². The van der Waals surface area contributed by atoms with Crippen LogP contribution in [0, 0.1) is 0 Å². The molecule has 1 aliphatic heterocycles. The molecule has 3 aromatic heterocycles. The van der Waals surface area contributed by atoms with Crippen molar-refractivity contribution < 1.29 is 4.79 Å². The van der Waals surface area contributed by atoms with Crippen LogP contribution in [0.15, 0.2) is 49.1 Å². The molecule has 0 radical (unpaired) electrons. The molecule has 0 unspecified atom stereocenters. The monoisotopic (exact) mass is 402 g/mol. The van der Waals surface area contributed by atoms with Crippen LogP contribution >= 0.6 is 0 Å². The van der Waals surface area contributed by atoms with Crippen molar-refractivity contribution in [1.82, 2.24) is 35.1 Å². The molecule has 0 spiro atoms. The van der Waals surface area contributed by atoms with E-state index in [1.165, 1.54) is 0 Å². The van der Waals surface area contributed by atoms with E-state index in [1.807, 2.05) is 48.4 Å². The van der Waals surface area contributed by atoms with Crippen molar-refractivity contribution in [3.05, 3.63) is 54.6 Å². The van der Waals surface area contributed by atoms with Crippen LogP contribution < -0.4 is 10.6 Å². The number of piperidine rings is 1. The van der Waals surface area contributed by atoms with Crippen molar-refractivity contribution in [2.75, 3.05) is 18.4 Å². The Balaban J connectivity index is 1.35. The van der Waals surface area contributed by atoms with E-state index in [-0.39, 0.29) is 5.91 Å². The zero-order valence-electron chi connectivity index (χ0n) is 16.6. The summed E-state index contributed by atoms with van der Waals surface area (Å²) >= 11 is 0. The van der Waals surface area contributed by atoms with Crippen molar-refractivity contribution in [1.29, 1.82) is 0 Å². The number of nitrogens with one attached hydrogen (secondary N) is 2. The first-order chi connectivity index (χ1) is 14.7. The summed E-state index contributed by atoms with van der Waals surface area (Å²) in [4.78, 5) is 12.7. The number of aromatic nitrogens is 6. The van der Waals surface area contributed by atoms with Gasteiger partial charge in [-0.05, 0) is 49.7 Å². The number of aryl methyl sites for hydroxylation is 1. The number of amides is 1. The van der Waals surface area contributed by atoms with Gasteiger partial charge in [-0.3, -0.25) is 14.2 Å². The van der Waals surface area contributed by atoms with Crippen molar-refractivity contribution >= 4 is 22.6 Å². The van der Waals surface area contributed by atoms with Gasteiger partial charge in [-0.15, -0.1) is 10.2 Å². The average Bonchev–Trinajstić information content (AvgIpc) is 3.43. The summed E-state index contributed by atoms with van der Waals surface area (Å²) in [6.07, 6.45) is 9.21. The molecule has 1 fully saturated rings. The Morgan fingerprint density at radius 2 is 1.93 bits per heavy atom. The van der Waals surface area contributed by atoms with E-state index in [0.717, 1.165) is 48.0 Å². The molecular weight excluding hydrogens is 380 g/mol. The van der Waals surface area contributed by atoms with Gasteiger partial charge in [0, 0.05) is 30.4 Å². The summed E-state index contributed by atoms with van der Waals surface area (Å²) in [6, 6.07) is 8.09. The quantitative estimate of drug-likeness (QED) is 0.543. The van der Waals surface area contributed by atoms with Crippen LogP contribution in [-0.4, -0.2) is 48.8 Å². The highest BCUT2D eigenvalue weighted by Gasteiger charge is 2.18. The van der Waals surface area contributed by atoms with Gasteiger partial charge in [-0.2, -0.15) is 10.2 Å². The van der Waals surface area contributed by atoms with Gasteiger partial charge in [0.05, 0.1) is 29.5 Å². The smallest absolute Gasteiger partial charge is 0.260 e. The largest absolute Gasteiger partial charge is 0.317 e. The molecule has 1 saturated heterocycles. The van der Waals surface area contributed by atoms with Crippen LogP contribution in [0.1, 0.15) is 29.2 Å². The van der Waals surface area contributed by atoms with Gasteiger partial charge < -0.3 is 10.6 Å². The zero-order chi connectivity index (χ0) is 20.5. The minimum Gasteiger partial charge on any atom is -0.317 e. The molecule has 4 heterocycles. The van der Waals surface area contributed by atoms with Gasteiger partial charge in [0.15, 0.2) is 5.82 Å². The maximum atomic E-state index is 12.7. The van der Waals surface area contributed by atoms with Gasteiger partial charge in [-0.25, -0.2) is 0 Å². The summed E-state index contributed by atoms with van der Waals surface area (Å²) in [7, 11) is 1.89. The number of carbonyl (C=O) groups excluding carboxylic acids is 1. The minimum absolute atomic E-state index is 0.243. The fourth-order valence-corrected chi connectivity index (χ4v) is 3.77. The Morgan fingerprint density at radius 3 is 2.73 bits per heavy atom. The van der Waals surface area contributed by atoms with Gasteiger partial charge in [0.25, 0.3) is 5.91 Å². The number of rotatable bonds is 4. The maximum absolute atomic E-state index is 12.7. The molecule has 9 heteroatoms. The molecule has 0 aliphatic carbocycles. The fraction of sp³-hybridized carbons (Fsp3) is 0.286. The lowest BCUT2D eigenvalue weighted by atomic mass is 10.1. The van der Waals surface area contributed by atoms with Crippen LogP contribution in [0.25, 0.3) is 22.0 Å². The standard InChI is InChI=1S/C21H22N8O/c1-28-12-16(10-23-28)14-2-3-19-15(8-14)9-20(27-26-19)25-21(30)17-11-24-29(13-17)18-4-6-22-7-5-18/h2-3,8-13,18,22H,4-7H2,1H3,(H,25,27,30). The zero-order valence-corrected chi connectivity index (χ0v) is 16.6. The maximum Gasteiger partial charge on any atom is 0.260 e. The fourth-order valence-electron chi connectivity index (χ4n) is 3.77. The number of nitrogens with zero attached hydrogens (tertiary/aromatic N) is 6. The second kappa shape index (κ2) is 7.68. The van der Waals surface area contributed by atoms with E-state index in [9.17, 15) is 4.79 Å². The number of fused-ring (bicyclic) bond motifs is 1. The Morgan fingerprint density at radius 1 is 1.07 bits per heavy atom. The average molecular weight is 402 g/mol. The third kappa shape index (κ3) is 3.67. The number of hydrogen-bond acceptors (Lipinski definition) is 6. The SMILES string of the molecule is Cn1cc(-c2ccc3nnc(NC(=O)c4cnn(C5CCNCC5)c4)cc3c2)cn1. The van der Waals surface area contributed by atoms with E-state index in [1.54, 1.807) is 17.1 Å². The predicted molar refractivity (Wildman–Crippen MR) is 113 cm³/mol. The Hall–Kier alpha value is -3.59. The van der Waals surface area contributed by atoms with Crippen LogP contribution in [0.5, 0.6) is 0 Å². The molecule has 0 saturated carbocycles. The first kappa shape index (κ1) is 18.4. The highest BCUT2D eigenvalue weighted by Crippen LogP contribution is 2.24. The third-order valence-electron chi connectivity index (χ3n) is 5.41. The number of anilines is 1. The first-order valence-corrected chi connectivity index (χ1v) is 9.98. The second-order valence-electron chi connectivity index (χ2n) is 7.55. The molecule has 0 atom stereocenters. The van der Waals surface area contributed by atoms with Gasteiger partial charge >= 0.3 is 0 Å². The molecular formula is C21H22N8O. The van der Waals surface area contributed by atoms with Crippen molar-refractivity contribution in [2.45, 2.75) is 18.9 Å². The lowest BCUT2D eigenvalue weighted by Gasteiger charge is -2.22. The summed E-state index contributed by atoms with van der Waals surface area (Å²) in [6.45, 7) is 1.94. The van der Waals surface area contributed by atoms with E-state index in [4.69, 9.17) is 0 Å². The van der Waals surface area contributed by atoms with Gasteiger partial charge in [0.2, 0.25) is 0 Å². The minimum atomic E-state index is -0.243. The Bertz CT molecular complexity index is 1200. The predicted octanol–water partition coefficient (Wildman–Crippen LogP) is 2.40. The van der Waals surface area contributed by atoms with E-state index in [0.29, 0.717) is 17.4 Å². The summed E-state index contributed by atoms with van der Waals surface area (Å²) in [5, 5.41) is 24.0. The first-order valence-electron chi connectivity index (χ1n) is 9.98. The molecule has 1 aliphatic rings. The van der Waals surface area contributed by atoms with Gasteiger partial charge in [0.1, 0.15) is 0 Å². The molecule has 2 N–H and O–H groups in total. The second-order valence-corrected chi connectivity index (χ2v) is 7.55. The lowest BCUT2D eigenvalue weighted by molar-refractivity contribution is 0.102. The highest BCUT2D eigenvalue weighted by molar-refractivity contribution is 6.04. The van der Waals surface area contributed by atoms with Crippen LogP contribution in [0.2, 0.25) is 0 Å². The molecule has 152 valence electrons. The molecule has 5 rings (SSSR count). The Kier molecular flexibility index (Phi) is 4.72. The summed E-state index contributed by atoms with van der Waals surface area (Å²) in [5.41, 5.74) is 3.33. The molecule has 0 bridgehead atoms. The molecule has 1 aromatic carbocycles. The highest BCUT2D eigenvalue weighted by atomic mass is 16.1. The van der Waals surface area contributed by atoms with Crippen molar-refractivity contribution in [3.8, 4) is 11.1 Å². The van der Waals surface area contributed by atoms with E-state index >= 15 is 0 Å². The van der Waals surface area contributed by atoms with Crippen LogP contribution in [-0.2, 0) is 7.05 Å². The molecule has 9 nitrogen and oxygen atoms in total. The van der Waals surface area contributed by atoms with E-state index < -0.39 is 0 Å². The summed E-state index contributed by atoms with van der Waals surface area (Å²) < 4.78 is 3.65. The molecule has 1 amide bonds. The van der Waals surface area contributed by atoms with Crippen molar-refractivity contribution in [3.63, 3.8) is 0 Å². The number of hydrogen-bond donors (Lipinski definition) is 2. The van der Waals surface area contributed by atoms with E-state index in [2.05, 4.69) is 31.0 Å².